The third-order valence-corrected chi connectivity index (χ3v) is 5.13. The van der Waals surface area contributed by atoms with Crippen LogP contribution < -0.4 is 11.1 Å². The van der Waals surface area contributed by atoms with Crippen molar-refractivity contribution < 1.29 is 13.9 Å². The van der Waals surface area contributed by atoms with Crippen LogP contribution in [0.5, 0.6) is 0 Å². The molecule has 1 saturated heterocycles. The molecule has 1 aliphatic rings. The van der Waals surface area contributed by atoms with E-state index in [-0.39, 0.29) is 12.2 Å². The Morgan fingerprint density at radius 2 is 2.10 bits per heavy atom. The minimum absolute atomic E-state index is 0.189. The van der Waals surface area contributed by atoms with E-state index in [2.05, 4.69) is 45.3 Å². The molecule has 154 valence electrons. The molecule has 1 amide bonds. The van der Waals surface area contributed by atoms with E-state index in [9.17, 15) is 4.39 Å². The van der Waals surface area contributed by atoms with E-state index in [0.717, 1.165) is 53.9 Å². The van der Waals surface area contributed by atoms with Crippen LogP contribution in [0.4, 0.5) is 10.2 Å². The average molecular weight is 406 g/mol. The zero-order valence-electron chi connectivity index (χ0n) is 16.4. The lowest BCUT2D eigenvalue weighted by molar-refractivity contribution is -0.106. The number of H-pyrrole nitrogens is 1. The summed E-state index contributed by atoms with van der Waals surface area (Å²) in [5.41, 5.74) is 7.18. The van der Waals surface area contributed by atoms with E-state index in [4.69, 9.17) is 9.53 Å². The van der Waals surface area contributed by atoms with Gasteiger partial charge in [-0.3, -0.25) is 4.79 Å². The molecule has 4 N–H and O–H groups in total. The Bertz CT molecular complexity index is 1170. The van der Waals surface area contributed by atoms with Crippen molar-refractivity contribution in [1.82, 2.24) is 9.97 Å². The standard InChI is InChI=1S/C22H20FN3O.CH3NO/c23-20-2-1-3-21-19(20)11-18(25-21)9-14-4-5-15-12-24-22(10-16(15)8-14)26-17-6-7-27-13-17;2-1-3/h1-5,8,10-12,17,25H,6-7,9,13H2,(H,24,26);1H,(H2,2,3). The van der Waals surface area contributed by atoms with Crippen molar-refractivity contribution in [2.45, 2.75) is 18.9 Å². The third kappa shape index (κ3) is 4.41. The number of amides is 1. The number of benzene rings is 2. The molecule has 6 nitrogen and oxygen atoms in total. The maximum atomic E-state index is 13.9. The molecule has 1 aliphatic heterocycles. The smallest absolute Gasteiger partial charge is 0.204 e. The number of hydrogen-bond acceptors (Lipinski definition) is 4. The number of pyridine rings is 1. The molecule has 2 aromatic carbocycles. The van der Waals surface area contributed by atoms with Gasteiger partial charge in [-0.05, 0) is 41.6 Å². The summed E-state index contributed by atoms with van der Waals surface area (Å²) in [6.07, 6.45) is 3.89. The summed E-state index contributed by atoms with van der Waals surface area (Å²) in [5, 5.41) is 6.33. The van der Waals surface area contributed by atoms with E-state index in [1.807, 2.05) is 18.3 Å². The third-order valence-electron chi connectivity index (χ3n) is 5.13. The first-order valence-corrected chi connectivity index (χ1v) is 9.80. The molecule has 2 aromatic heterocycles. The second-order valence-corrected chi connectivity index (χ2v) is 7.26. The van der Waals surface area contributed by atoms with Crippen LogP contribution in [0.15, 0.2) is 54.7 Å². The molecule has 1 unspecified atom stereocenters. The minimum atomic E-state index is -0.189. The molecule has 1 fully saturated rings. The number of nitrogens with one attached hydrogen (secondary N) is 2. The van der Waals surface area contributed by atoms with Crippen LogP contribution in [0.1, 0.15) is 17.7 Å². The van der Waals surface area contributed by atoms with E-state index in [1.54, 1.807) is 6.07 Å². The van der Waals surface area contributed by atoms with Gasteiger partial charge in [0.25, 0.3) is 0 Å². The molecule has 0 bridgehead atoms. The molecule has 7 heteroatoms. The monoisotopic (exact) mass is 406 g/mol. The SMILES string of the molecule is Fc1cccc2[nH]c(Cc3ccc4cnc(NC5CCOC5)cc4c3)cc12.NC=O. The molecule has 4 aromatic rings. The van der Waals surface area contributed by atoms with Gasteiger partial charge in [0.15, 0.2) is 0 Å². The van der Waals surface area contributed by atoms with Crippen LogP contribution in [0.25, 0.3) is 21.7 Å². The summed E-state index contributed by atoms with van der Waals surface area (Å²) in [4.78, 5) is 16.4. The number of aromatic nitrogens is 2. The van der Waals surface area contributed by atoms with Gasteiger partial charge in [0, 0.05) is 41.2 Å². The summed E-state index contributed by atoms with van der Waals surface area (Å²) in [6, 6.07) is 15.8. The van der Waals surface area contributed by atoms with E-state index < -0.39 is 0 Å². The van der Waals surface area contributed by atoms with Gasteiger partial charge in [-0.2, -0.15) is 0 Å². The Hall–Kier alpha value is -3.45. The Morgan fingerprint density at radius 1 is 1.23 bits per heavy atom. The Balaban J connectivity index is 0.000000687. The molecule has 0 spiro atoms. The molecule has 3 heterocycles. The van der Waals surface area contributed by atoms with Crippen molar-refractivity contribution in [3.63, 3.8) is 0 Å². The average Bonchev–Trinajstić information content (AvgIpc) is 3.39. The quantitative estimate of drug-likeness (QED) is 0.450. The fourth-order valence-electron chi connectivity index (χ4n) is 3.73. The van der Waals surface area contributed by atoms with Gasteiger partial charge in [0.05, 0.1) is 12.6 Å². The van der Waals surface area contributed by atoms with E-state index in [0.29, 0.717) is 11.4 Å². The van der Waals surface area contributed by atoms with Crippen LogP contribution in [0.2, 0.25) is 0 Å². The lowest BCUT2D eigenvalue weighted by atomic mass is 10.0. The molecular weight excluding hydrogens is 383 g/mol. The van der Waals surface area contributed by atoms with Crippen LogP contribution in [-0.2, 0) is 16.0 Å². The molecular formula is C23H23FN4O2. The second-order valence-electron chi connectivity index (χ2n) is 7.26. The van der Waals surface area contributed by atoms with Gasteiger partial charge in [0.1, 0.15) is 11.6 Å². The van der Waals surface area contributed by atoms with Crippen molar-refractivity contribution in [3.05, 3.63) is 71.8 Å². The number of primary amides is 1. The minimum Gasteiger partial charge on any atom is -0.379 e. The van der Waals surface area contributed by atoms with Gasteiger partial charge in [-0.1, -0.05) is 24.3 Å². The number of aromatic amines is 1. The molecule has 30 heavy (non-hydrogen) atoms. The number of hydrogen-bond donors (Lipinski definition) is 3. The molecule has 1 atom stereocenters. The van der Waals surface area contributed by atoms with Gasteiger partial charge in [-0.15, -0.1) is 0 Å². The number of fused-ring (bicyclic) bond motifs is 2. The highest BCUT2D eigenvalue weighted by molar-refractivity contribution is 5.85. The second kappa shape index (κ2) is 8.92. The number of carbonyl (C=O) groups is 1. The Labute approximate surface area is 173 Å². The fraction of sp³-hybridized carbons (Fsp3) is 0.217. The van der Waals surface area contributed by atoms with Gasteiger partial charge in [-0.25, -0.2) is 9.37 Å². The maximum absolute atomic E-state index is 13.9. The van der Waals surface area contributed by atoms with Crippen molar-refractivity contribution in [3.8, 4) is 0 Å². The van der Waals surface area contributed by atoms with Crippen molar-refractivity contribution >= 4 is 33.9 Å². The van der Waals surface area contributed by atoms with Crippen molar-refractivity contribution in [2.24, 2.45) is 5.73 Å². The summed E-state index contributed by atoms with van der Waals surface area (Å²) >= 11 is 0. The highest BCUT2D eigenvalue weighted by Gasteiger charge is 2.15. The summed E-state index contributed by atoms with van der Waals surface area (Å²) in [7, 11) is 0. The van der Waals surface area contributed by atoms with Gasteiger partial charge >= 0.3 is 0 Å². The zero-order chi connectivity index (χ0) is 20.9. The number of nitrogens with zero attached hydrogens (tertiary/aromatic N) is 1. The number of anilines is 1. The highest BCUT2D eigenvalue weighted by Crippen LogP contribution is 2.24. The summed E-state index contributed by atoms with van der Waals surface area (Å²) in [6.45, 7) is 1.54. The lowest BCUT2D eigenvalue weighted by Gasteiger charge is -2.12. The Kier molecular flexibility index (Phi) is 5.90. The molecule has 0 aliphatic carbocycles. The fourth-order valence-corrected chi connectivity index (χ4v) is 3.73. The topological polar surface area (TPSA) is 93.0 Å². The number of ether oxygens (including phenoxy) is 1. The van der Waals surface area contributed by atoms with Gasteiger partial charge in [0.2, 0.25) is 6.41 Å². The van der Waals surface area contributed by atoms with E-state index in [1.165, 1.54) is 11.6 Å². The number of halogens is 1. The summed E-state index contributed by atoms with van der Waals surface area (Å²) in [5.74, 6) is 0.689. The Morgan fingerprint density at radius 3 is 2.87 bits per heavy atom. The van der Waals surface area contributed by atoms with Crippen LogP contribution in [-0.4, -0.2) is 35.6 Å². The van der Waals surface area contributed by atoms with Crippen LogP contribution >= 0.6 is 0 Å². The van der Waals surface area contributed by atoms with Crippen molar-refractivity contribution in [1.29, 1.82) is 0 Å². The summed E-state index contributed by atoms with van der Waals surface area (Å²) < 4.78 is 19.3. The normalized spacial score (nSPS) is 15.7. The number of carbonyl (C=O) groups excluding carboxylic acids is 1. The van der Waals surface area contributed by atoms with E-state index >= 15 is 0 Å². The first kappa shape index (κ1) is 19.8. The van der Waals surface area contributed by atoms with Crippen LogP contribution in [0.3, 0.4) is 0 Å². The number of rotatable bonds is 4. The predicted molar refractivity (Wildman–Crippen MR) is 116 cm³/mol. The zero-order valence-corrected chi connectivity index (χ0v) is 16.4. The molecule has 0 radical (unpaired) electrons. The highest BCUT2D eigenvalue weighted by atomic mass is 19.1. The molecule has 0 saturated carbocycles. The lowest BCUT2D eigenvalue weighted by Crippen LogP contribution is -2.19. The first-order valence-electron chi connectivity index (χ1n) is 9.80. The number of nitrogens with two attached hydrogens (primary N) is 1. The van der Waals surface area contributed by atoms with Gasteiger partial charge < -0.3 is 20.8 Å². The van der Waals surface area contributed by atoms with Crippen LogP contribution in [0, 0.1) is 5.82 Å². The predicted octanol–water partition coefficient (Wildman–Crippen LogP) is 3.75. The maximum Gasteiger partial charge on any atom is 0.204 e. The molecule has 5 rings (SSSR count). The van der Waals surface area contributed by atoms with Crippen molar-refractivity contribution in [2.75, 3.05) is 18.5 Å². The first-order chi connectivity index (χ1) is 14.7. The largest absolute Gasteiger partial charge is 0.379 e.